The predicted molar refractivity (Wildman–Crippen MR) is 97.4 cm³/mol. The molecule has 2 aromatic rings. The van der Waals surface area contributed by atoms with Gasteiger partial charge >= 0.3 is 0 Å². The maximum Gasteiger partial charge on any atom is 0.127 e. The van der Waals surface area contributed by atoms with Gasteiger partial charge in [-0.15, -0.1) is 0 Å². The largest absolute Gasteiger partial charge is 0.493 e. The summed E-state index contributed by atoms with van der Waals surface area (Å²) in [5, 5.41) is 2.54. The molecule has 0 aromatic heterocycles. The van der Waals surface area contributed by atoms with Gasteiger partial charge in [0.05, 0.1) is 6.61 Å². The van der Waals surface area contributed by atoms with E-state index >= 15 is 0 Å². The van der Waals surface area contributed by atoms with Crippen LogP contribution in [0.2, 0.25) is 0 Å². The van der Waals surface area contributed by atoms with Gasteiger partial charge in [0.25, 0.3) is 0 Å². The number of benzene rings is 2. The molecule has 0 aliphatic carbocycles. The van der Waals surface area contributed by atoms with Crippen molar-refractivity contribution in [1.29, 1.82) is 0 Å². The van der Waals surface area contributed by atoms with Crippen LogP contribution in [0.1, 0.15) is 47.1 Å². The molecule has 0 N–H and O–H groups in total. The van der Waals surface area contributed by atoms with Gasteiger partial charge in [-0.1, -0.05) is 71.0 Å². The highest BCUT2D eigenvalue weighted by Crippen LogP contribution is 2.43. The average Bonchev–Trinajstić information content (AvgIpc) is 2.44. The van der Waals surface area contributed by atoms with Gasteiger partial charge in [-0.3, -0.25) is 0 Å². The molecule has 0 unspecified atom stereocenters. The Balaban J connectivity index is 2.81. The highest BCUT2D eigenvalue weighted by atomic mass is 16.5. The van der Waals surface area contributed by atoms with E-state index in [1.807, 2.05) is 6.92 Å². The maximum absolute atomic E-state index is 5.96. The van der Waals surface area contributed by atoms with E-state index in [9.17, 15) is 0 Å². The zero-order valence-corrected chi connectivity index (χ0v) is 14.7. The standard InChI is InChI=1S/C21H28O/c1-7-22-19-13-12-16-10-8-9-11-17(16)20(19)18(14-15(2)3)21(4,5)6/h8-15H,7H2,1-6H3/b18-14-. The Hall–Kier alpha value is -1.76. The molecule has 0 atom stereocenters. The van der Waals surface area contributed by atoms with E-state index < -0.39 is 0 Å². The van der Waals surface area contributed by atoms with E-state index in [0.717, 1.165) is 5.75 Å². The molecule has 0 amide bonds. The van der Waals surface area contributed by atoms with Gasteiger partial charge in [-0.05, 0) is 40.7 Å². The second-order valence-electron chi connectivity index (χ2n) is 7.17. The van der Waals surface area contributed by atoms with Crippen molar-refractivity contribution in [2.24, 2.45) is 11.3 Å². The van der Waals surface area contributed by atoms with E-state index in [0.29, 0.717) is 12.5 Å². The molecule has 2 rings (SSSR count). The van der Waals surface area contributed by atoms with Gasteiger partial charge in [-0.25, -0.2) is 0 Å². The molecule has 0 spiro atoms. The van der Waals surface area contributed by atoms with Gasteiger partial charge < -0.3 is 4.74 Å². The maximum atomic E-state index is 5.96. The van der Waals surface area contributed by atoms with Crippen LogP contribution >= 0.6 is 0 Å². The van der Waals surface area contributed by atoms with Gasteiger partial charge in [0.15, 0.2) is 0 Å². The Morgan fingerprint density at radius 1 is 1.09 bits per heavy atom. The summed E-state index contributed by atoms with van der Waals surface area (Å²) in [6.07, 6.45) is 2.38. The van der Waals surface area contributed by atoms with E-state index in [2.05, 4.69) is 77.1 Å². The Morgan fingerprint density at radius 3 is 2.36 bits per heavy atom. The fourth-order valence-electron chi connectivity index (χ4n) is 2.85. The molecular formula is C21H28O. The second kappa shape index (κ2) is 6.56. The Morgan fingerprint density at radius 2 is 1.77 bits per heavy atom. The van der Waals surface area contributed by atoms with Crippen molar-refractivity contribution in [2.45, 2.75) is 41.5 Å². The molecule has 0 saturated carbocycles. The van der Waals surface area contributed by atoms with Crippen molar-refractivity contribution in [2.75, 3.05) is 6.61 Å². The molecule has 0 fully saturated rings. The molecule has 118 valence electrons. The van der Waals surface area contributed by atoms with E-state index in [4.69, 9.17) is 4.74 Å². The van der Waals surface area contributed by atoms with E-state index in [1.165, 1.54) is 21.9 Å². The van der Waals surface area contributed by atoms with Crippen LogP contribution in [-0.4, -0.2) is 6.61 Å². The molecule has 1 nitrogen and oxygen atoms in total. The number of allylic oxidation sites excluding steroid dienone is 2. The molecule has 0 aliphatic rings. The predicted octanol–water partition coefficient (Wildman–Crippen LogP) is 6.32. The van der Waals surface area contributed by atoms with Crippen LogP contribution in [0.3, 0.4) is 0 Å². The summed E-state index contributed by atoms with van der Waals surface area (Å²) in [5.41, 5.74) is 2.68. The monoisotopic (exact) mass is 296 g/mol. The van der Waals surface area contributed by atoms with Crippen molar-refractivity contribution in [3.8, 4) is 5.75 Å². The highest BCUT2D eigenvalue weighted by molar-refractivity contribution is 5.97. The molecule has 0 bridgehead atoms. The van der Waals surface area contributed by atoms with Crippen LogP contribution in [0, 0.1) is 11.3 Å². The molecule has 2 aromatic carbocycles. The topological polar surface area (TPSA) is 9.23 Å². The van der Waals surface area contributed by atoms with Crippen LogP contribution in [0.4, 0.5) is 0 Å². The van der Waals surface area contributed by atoms with Crippen molar-refractivity contribution >= 4 is 16.3 Å². The fraction of sp³-hybridized carbons (Fsp3) is 0.429. The smallest absolute Gasteiger partial charge is 0.127 e. The highest BCUT2D eigenvalue weighted by Gasteiger charge is 2.24. The van der Waals surface area contributed by atoms with Crippen LogP contribution in [0.25, 0.3) is 16.3 Å². The zero-order valence-electron chi connectivity index (χ0n) is 14.7. The van der Waals surface area contributed by atoms with Gasteiger partial charge in [0.2, 0.25) is 0 Å². The first-order chi connectivity index (χ1) is 10.3. The van der Waals surface area contributed by atoms with Gasteiger partial charge in [-0.2, -0.15) is 0 Å². The minimum atomic E-state index is 0.0697. The molecule has 22 heavy (non-hydrogen) atoms. The third kappa shape index (κ3) is 3.52. The SMILES string of the molecule is CCOc1ccc2ccccc2c1/C(=C/C(C)C)C(C)(C)C. The van der Waals surface area contributed by atoms with Crippen molar-refractivity contribution in [1.82, 2.24) is 0 Å². The summed E-state index contributed by atoms with van der Waals surface area (Å²) in [6, 6.07) is 12.8. The Kier molecular flexibility index (Phi) is 4.95. The summed E-state index contributed by atoms with van der Waals surface area (Å²) in [4.78, 5) is 0. The molecular weight excluding hydrogens is 268 g/mol. The second-order valence-corrected chi connectivity index (χ2v) is 7.17. The summed E-state index contributed by atoms with van der Waals surface area (Å²) in [6.45, 7) is 14.0. The first-order valence-electron chi connectivity index (χ1n) is 8.21. The fourth-order valence-corrected chi connectivity index (χ4v) is 2.85. The number of rotatable bonds is 4. The zero-order chi connectivity index (χ0) is 16.3. The number of hydrogen-bond acceptors (Lipinski definition) is 1. The summed E-state index contributed by atoms with van der Waals surface area (Å²) < 4.78 is 5.96. The summed E-state index contributed by atoms with van der Waals surface area (Å²) in [7, 11) is 0. The first kappa shape index (κ1) is 16.6. The third-order valence-corrected chi connectivity index (χ3v) is 3.77. The molecule has 0 radical (unpaired) electrons. The van der Waals surface area contributed by atoms with E-state index in [-0.39, 0.29) is 5.41 Å². The van der Waals surface area contributed by atoms with Crippen LogP contribution in [-0.2, 0) is 0 Å². The number of ether oxygens (including phenoxy) is 1. The number of hydrogen-bond donors (Lipinski definition) is 0. The van der Waals surface area contributed by atoms with Crippen molar-refractivity contribution in [3.05, 3.63) is 48.0 Å². The number of fused-ring (bicyclic) bond motifs is 1. The quantitative estimate of drug-likeness (QED) is 0.641. The lowest BCUT2D eigenvalue weighted by atomic mass is 9.78. The molecule has 0 aliphatic heterocycles. The van der Waals surface area contributed by atoms with Gasteiger partial charge in [0, 0.05) is 5.56 Å². The summed E-state index contributed by atoms with van der Waals surface area (Å²) >= 11 is 0. The van der Waals surface area contributed by atoms with Gasteiger partial charge in [0.1, 0.15) is 5.75 Å². The van der Waals surface area contributed by atoms with Crippen LogP contribution in [0.5, 0.6) is 5.75 Å². The lowest BCUT2D eigenvalue weighted by Gasteiger charge is -2.27. The molecule has 0 saturated heterocycles. The van der Waals surface area contributed by atoms with Crippen molar-refractivity contribution in [3.63, 3.8) is 0 Å². The lowest BCUT2D eigenvalue weighted by molar-refractivity contribution is 0.339. The summed E-state index contributed by atoms with van der Waals surface area (Å²) in [5.74, 6) is 1.49. The minimum absolute atomic E-state index is 0.0697. The third-order valence-electron chi connectivity index (χ3n) is 3.77. The minimum Gasteiger partial charge on any atom is -0.493 e. The van der Waals surface area contributed by atoms with Crippen molar-refractivity contribution < 1.29 is 4.74 Å². The Labute approximate surface area is 135 Å². The molecule has 1 heteroatoms. The lowest BCUT2D eigenvalue weighted by Crippen LogP contribution is -2.11. The average molecular weight is 296 g/mol. The van der Waals surface area contributed by atoms with Crippen LogP contribution in [0.15, 0.2) is 42.5 Å². The normalized spacial score (nSPS) is 13.0. The molecule has 0 heterocycles. The first-order valence-corrected chi connectivity index (χ1v) is 8.21. The van der Waals surface area contributed by atoms with Crippen LogP contribution < -0.4 is 4.74 Å². The van der Waals surface area contributed by atoms with E-state index in [1.54, 1.807) is 0 Å². The Bertz CT molecular complexity index is 672.